The lowest BCUT2D eigenvalue weighted by atomic mass is 10.1. The minimum Gasteiger partial charge on any atom is -0.390 e. The molecule has 7 nitrogen and oxygen atoms in total. The molecule has 3 rings (SSSR count). The molecule has 2 atom stereocenters. The van der Waals surface area contributed by atoms with Gasteiger partial charge in [0.1, 0.15) is 0 Å². The molecule has 1 heterocycles. The SMILES string of the molecule is Nc1n[nH]c(C(=O)N[C@H]2c3ccccc3C[C@H]2O)n1. The first kappa shape index (κ1) is 11.7. The van der Waals surface area contributed by atoms with Crippen molar-refractivity contribution in [2.24, 2.45) is 0 Å². The van der Waals surface area contributed by atoms with Crippen LogP contribution in [0.15, 0.2) is 24.3 Å². The van der Waals surface area contributed by atoms with Crippen molar-refractivity contribution in [3.63, 3.8) is 0 Å². The van der Waals surface area contributed by atoms with Gasteiger partial charge in [0.05, 0.1) is 12.1 Å². The first-order valence-corrected chi connectivity index (χ1v) is 5.90. The van der Waals surface area contributed by atoms with E-state index in [4.69, 9.17) is 5.73 Å². The zero-order valence-electron chi connectivity index (χ0n) is 10.00. The summed E-state index contributed by atoms with van der Waals surface area (Å²) in [6, 6.07) is 7.19. The van der Waals surface area contributed by atoms with Crippen LogP contribution in [0.25, 0.3) is 0 Å². The number of fused-ring (bicyclic) bond motifs is 1. The fourth-order valence-electron chi connectivity index (χ4n) is 2.33. The molecule has 0 saturated heterocycles. The number of nitrogens with one attached hydrogen (secondary N) is 2. The van der Waals surface area contributed by atoms with Crippen molar-refractivity contribution < 1.29 is 9.90 Å². The quantitative estimate of drug-likeness (QED) is 0.594. The highest BCUT2D eigenvalue weighted by atomic mass is 16.3. The van der Waals surface area contributed by atoms with E-state index in [-0.39, 0.29) is 11.8 Å². The fourth-order valence-corrected chi connectivity index (χ4v) is 2.33. The number of nitrogens with two attached hydrogens (primary N) is 1. The van der Waals surface area contributed by atoms with Gasteiger partial charge in [-0.15, -0.1) is 5.10 Å². The smallest absolute Gasteiger partial charge is 0.289 e. The van der Waals surface area contributed by atoms with E-state index < -0.39 is 18.1 Å². The van der Waals surface area contributed by atoms with Crippen LogP contribution < -0.4 is 11.1 Å². The van der Waals surface area contributed by atoms with Crippen LogP contribution in [-0.4, -0.2) is 32.3 Å². The molecule has 2 aromatic rings. The van der Waals surface area contributed by atoms with Crippen molar-refractivity contribution in [1.82, 2.24) is 20.5 Å². The molecule has 0 spiro atoms. The second-order valence-electron chi connectivity index (χ2n) is 4.46. The minimum atomic E-state index is -0.637. The maximum absolute atomic E-state index is 12.0. The summed E-state index contributed by atoms with van der Waals surface area (Å²) in [5.74, 6) is -0.392. The maximum Gasteiger partial charge on any atom is 0.289 e. The highest BCUT2D eigenvalue weighted by Gasteiger charge is 2.32. The fraction of sp³-hybridized carbons (Fsp3) is 0.250. The number of aromatic amines is 1. The largest absolute Gasteiger partial charge is 0.390 e. The molecule has 0 unspecified atom stereocenters. The van der Waals surface area contributed by atoms with Crippen LogP contribution in [0.1, 0.15) is 27.8 Å². The Labute approximate surface area is 108 Å². The summed E-state index contributed by atoms with van der Waals surface area (Å²) in [4.78, 5) is 15.7. The number of rotatable bonds is 2. The Bertz CT molecular complexity index is 624. The summed E-state index contributed by atoms with van der Waals surface area (Å²) < 4.78 is 0. The van der Waals surface area contributed by atoms with Crippen molar-refractivity contribution in [2.45, 2.75) is 18.6 Å². The van der Waals surface area contributed by atoms with Gasteiger partial charge in [-0.1, -0.05) is 24.3 Å². The molecule has 1 aromatic carbocycles. The third kappa shape index (κ3) is 2.04. The number of anilines is 1. The highest BCUT2D eigenvalue weighted by Crippen LogP contribution is 2.31. The molecule has 0 fully saturated rings. The number of amides is 1. The van der Waals surface area contributed by atoms with Gasteiger partial charge in [0.2, 0.25) is 11.8 Å². The van der Waals surface area contributed by atoms with Crippen LogP contribution in [0.4, 0.5) is 5.95 Å². The lowest BCUT2D eigenvalue weighted by molar-refractivity contribution is 0.0848. The lowest BCUT2D eigenvalue weighted by Gasteiger charge is -2.16. The molecular weight excluding hydrogens is 246 g/mol. The second kappa shape index (κ2) is 4.36. The third-order valence-electron chi connectivity index (χ3n) is 3.21. The van der Waals surface area contributed by atoms with Crippen molar-refractivity contribution in [2.75, 3.05) is 5.73 Å². The summed E-state index contributed by atoms with van der Waals surface area (Å²) in [5, 5.41) is 18.8. The number of aliphatic hydroxyl groups is 1. The summed E-state index contributed by atoms with van der Waals surface area (Å²) >= 11 is 0. The Kier molecular flexibility index (Phi) is 2.68. The molecule has 98 valence electrons. The number of aromatic nitrogens is 3. The van der Waals surface area contributed by atoms with E-state index in [1.54, 1.807) is 0 Å². The molecule has 1 amide bonds. The average Bonchev–Trinajstić information content (AvgIpc) is 2.95. The van der Waals surface area contributed by atoms with Gasteiger partial charge < -0.3 is 16.2 Å². The number of hydrogen-bond donors (Lipinski definition) is 4. The van der Waals surface area contributed by atoms with Gasteiger partial charge in [-0.05, 0) is 11.1 Å². The van der Waals surface area contributed by atoms with E-state index in [0.717, 1.165) is 11.1 Å². The standard InChI is InChI=1S/C12H13N5O2/c13-12-15-10(16-17-12)11(19)14-9-7-4-2-1-3-6(7)5-8(9)18/h1-4,8-9,18H,5H2,(H,14,19)(H3,13,15,16,17)/t8-,9+/m1/s1. The van der Waals surface area contributed by atoms with Gasteiger partial charge in [-0.2, -0.15) is 4.98 Å². The van der Waals surface area contributed by atoms with Gasteiger partial charge >= 0.3 is 0 Å². The monoisotopic (exact) mass is 259 g/mol. The Morgan fingerprint density at radius 2 is 2.26 bits per heavy atom. The summed E-state index contributed by atoms with van der Waals surface area (Å²) in [6.45, 7) is 0. The van der Waals surface area contributed by atoms with E-state index in [9.17, 15) is 9.90 Å². The van der Waals surface area contributed by atoms with Gasteiger partial charge in [-0.3, -0.25) is 9.89 Å². The number of nitrogens with zero attached hydrogens (tertiary/aromatic N) is 2. The number of H-pyrrole nitrogens is 1. The predicted molar refractivity (Wildman–Crippen MR) is 67.2 cm³/mol. The van der Waals surface area contributed by atoms with E-state index >= 15 is 0 Å². The number of nitrogen functional groups attached to an aromatic ring is 1. The Hall–Kier alpha value is -2.41. The molecular formula is C12H13N5O2. The van der Waals surface area contributed by atoms with Crippen molar-refractivity contribution in [3.8, 4) is 0 Å². The number of aliphatic hydroxyl groups excluding tert-OH is 1. The van der Waals surface area contributed by atoms with Gasteiger partial charge in [0.15, 0.2) is 0 Å². The molecule has 0 saturated carbocycles. The number of hydrogen-bond acceptors (Lipinski definition) is 5. The molecule has 5 N–H and O–H groups in total. The summed E-state index contributed by atoms with van der Waals surface area (Å²) in [5.41, 5.74) is 7.31. The summed E-state index contributed by atoms with van der Waals surface area (Å²) in [7, 11) is 0. The van der Waals surface area contributed by atoms with E-state index in [0.29, 0.717) is 6.42 Å². The Morgan fingerprint density at radius 3 is 3.00 bits per heavy atom. The molecule has 1 aliphatic carbocycles. The minimum absolute atomic E-state index is 0.0116. The highest BCUT2D eigenvalue weighted by molar-refractivity contribution is 5.91. The topological polar surface area (TPSA) is 117 Å². The molecule has 0 radical (unpaired) electrons. The molecule has 1 aliphatic rings. The predicted octanol–water partition coefficient (Wildman–Crippen LogP) is -0.225. The van der Waals surface area contributed by atoms with Crippen molar-refractivity contribution in [1.29, 1.82) is 0 Å². The first-order chi connectivity index (χ1) is 9.15. The van der Waals surface area contributed by atoms with Gasteiger partial charge in [0, 0.05) is 6.42 Å². The van der Waals surface area contributed by atoms with Gasteiger partial charge in [-0.25, -0.2) is 0 Å². The zero-order valence-corrected chi connectivity index (χ0v) is 10.00. The van der Waals surface area contributed by atoms with Crippen LogP contribution in [0.2, 0.25) is 0 Å². The lowest BCUT2D eigenvalue weighted by Crippen LogP contribution is -2.34. The van der Waals surface area contributed by atoms with Crippen molar-refractivity contribution in [3.05, 3.63) is 41.2 Å². The molecule has 7 heteroatoms. The maximum atomic E-state index is 12.0. The molecule has 1 aromatic heterocycles. The van der Waals surface area contributed by atoms with Gasteiger partial charge in [0.25, 0.3) is 5.91 Å². The molecule has 19 heavy (non-hydrogen) atoms. The summed E-state index contributed by atoms with van der Waals surface area (Å²) in [6.07, 6.45) is -0.110. The van der Waals surface area contributed by atoms with Crippen LogP contribution in [0.3, 0.4) is 0 Å². The van der Waals surface area contributed by atoms with Crippen LogP contribution in [-0.2, 0) is 6.42 Å². The van der Waals surface area contributed by atoms with E-state index in [1.807, 2.05) is 24.3 Å². The number of carbonyl (C=O) groups excluding carboxylic acids is 1. The number of carbonyl (C=O) groups is 1. The number of benzene rings is 1. The average molecular weight is 259 g/mol. The molecule has 0 aliphatic heterocycles. The normalized spacial score (nSPS) is 21.1. The van der Waals surface area contributed by atoms with Crippen LogP contribution >= 0.6 is 0 Å². The Balaban J connectivity index is 1.82. The van der Waals surface area contributed by atoms with E-state index in [1.165, 1.54) is 0 Å². The zero-order chi connectivity index (χ0) is 13.4. The van der Waals surface area contributed by atoms with Crippen LogP contribution in [0, 0.1) is 0 Å². The Morgan fingerprint density at radius 1 is 1.47 bits per heavy atom. The third-order valence-corrected chi connectivity index (χ3v) is 3.21. The van der Waals surface area contributed by atoms with E-state index in [2.05, 4.69) is 20.5 Å². The van der Waals surface area contributed by atoms with Crippen molar-refractivity contribution >= 4 is 11.9 Å². The second-order valence-corrected chi connectivity index (χ2v) is 4.46. The van der Waals surface area contributed by atoms with Crippen LogP contribution in [0.5, 0.6) is 0 Å². The molecule has 0 bridgehead atoms. The first-order valence-electron chi connectivity index (χ1n) is 5.90.